The molecule has 2 unspecified atom stereocenters. The van der Waals surface area contributed by atoms with E-state index in [2.05, 4.69) is 18.8 Å². The standard InChI is InChI=1S/C11H20N2O2/c1-4-5-15-8-11(14)13-7-9(2)12-6-10(13)3/h4,9-10,12H,1,5-8H2,2-3H3. The Morgan fingerprint density at radius 2 is 2.40 bits per heavy atom. The summed E-state index contributed by atoms with van der Waals surface area (Å²) >= 11 is 0. The summed E-state index contributed by atoms with van der Waals surface area (Å²) in [5, 5.41) is 3.33. The highest BCUT2D eigenvalue weighted by Crippen LogP contribution is 2.06. The summed E-state index contributed by atoms with van der Waals surface area (Å²) in [6.45, 7) is 9.87. The van der Waals surface area contributed by atoms with Crippen molar-refractivity contribution in [3.63, 3.8) is 0 Å². The second-order valence-electron chi connectivity index (χ2n) is 4.01. The van der Waals surface area contributed by atoms with Crippen molar-refractivity contribution in [2.24, 2.45) is 0 Å². The summed E-state index contributed by atoms with van der Waals surface area (Å²) in [4.78, 5) is 13.6. The van der Waals surface area contributed by atoms with Crippen molar-refractivity contribution in [1.82, 2.24) is 10.2 Å². The van der Waals surface area contributed by atoms with Crippen LogP contribution < -0.4 is 5.32 Å². The fourth-order valence-electron chi connectivity index (χ4n) is 1.68. The Bertz CT molecular complexity index is 231. The van der Waals surface area contributed by atoms with Crippen LogP contribution in [-0.2, 0) is 9.53 Å². The molecule has 0 saturated carbocycles. The first-order valence-corrected chi connectivity index (χ1v) is 5.36. The molecule has 1 aliphatic heterocycles. The number of hydrogen-bond donors (Lipinski definition) is 1. The Morgan fingerprint density at radius 3 is 3.07 bits per heavy atom. The maximum absolute atomic E-state index is 11.8. The quantitative estimate of drug-likeness (QED) is 0.541. The van der Waals surface area contributed by atoms with Crippen LogP contribution in [0, 0.1) is 0 Å². The predicted molar refractivity (Wildman–Crippen MR) is 59.7 cm³/mol. The second-order valence-corrected chi connectivity index (χ2v) is 4.01. The Hall–Kier alpha value is -0.870. The monoisotopic (exact) mass is 212 g/mol. The van der Waals surface area contributed by atoms with E-state index in [1.54, 1.807) is 6.08 Å². The van der Waals surface area contributed by atoms with Crippen LogP contribution in [0.2, 0.25) is 0 Å². The fourth-order valence-corrected chi connectivity index (χ4v) is 1.68. The molecule has 0 aromatic carbocycles. The lowest BCUT2D eigenvalue weighted by Gasteiger charge is -2.37. The van der Waals surface area contributed by atoms with E-state index in [0.717, 1.165) is 13.1 Å². The fraction of sp³-hybridized carbons (Fsp3) is 0.727. The van der Waals surface area contributed by atoms with Crippen LogP contribution >= 0.6 is 0 Å². The summed E-state index contributed by atoms with van der Waals surface area (Å²) in [5.41, 5.74) is 0. The summed E-state index contributed by atoms with van der Waals surface area (Å²) in [5.74, 6) is 0.0673. The number of nitrogens with zero attached hydrogens (tertiary/aromatic N) is 1. The van der Waals surface area contributed by atoms with Crippen LogP contribution in [-0.4, -0.2) is 49.2 Å². The van der Waals surface area contributed by atoms with Gasteiger partial charge in [-0.25, -0.2) is 0 Å². The minimum Gasteiger partial charge on any atom is -0.368 e. The number of carbonyl (C=O) groups excluding carboxylic acids is 1. The minimum absolute atomic E-state index is 0.0673. The van der Waals surface area contributed by atoms with Gasteiger partial charge in [0.1, 0.15) is 6.61 Å². The first-order valence-electron chi connectivity index (χ1n) is 5.36. The van der Waals surface area contributed by atoms with Gasteiger partial charge in [0.05, 0.1) is 6.61 Å². The molecule has 0 bridgehead atoms. The Morgan fingerprint density at radius 1 is 1.67 bits per heavy atom. The highest BCUT2D eigenvalue weighted by Gasteiger charge is 2.26. The molecule has 1 heterocycles. The van der Waals surface area contributed by atoms with Crippen molar-refractivity contribution < 1.29 is 9.53 Å². The Labute approximate surface area is 91.3 Å². The molecule has 4 heteroatoms. The number of carbonyl (C=O) groups is 1. The van der Waals surface area contributed by atoms with Crippen molar-refractivity contribution in [3.8, 4) is 0 Å². The van der Waals surface area contributed by atoms with Crippen LogP contribution in [0.4, 0.5) is 0 Å². The normalized spacial score (nSPS) is 26.4. The lowest BCUT2D eigenvalue weighted by Crippen LogP contribution is -2.57. The van der Waals surface area contributed by atoms with Gasteiger partial charge in [-0.3, -0.25) is 4.79 Å². The molecule has 2 atom stereocenters. The van der Waals surface area contributed by atoms with Gasteiger partial charge in [0.25, 0.3) is 0 Å². The molecule has 0 aromatic heterocycles. The Kier molecular flexibility index (Phi) is 4.78. The third-order valence-corrected chi connectivity index (χ3v) is 2.55. The van der Waals surface area contributed by atoms with Crippen molar-refractivity contribution in [3.05, 3.63) is 12.7 Å². The minimum atomic E-state index is 0.0673. The third kappa shape index (κ3) is 3.64. The van der Waals surface area contributed by atoms with Crippen LogP contribution in [0.1, 0.15) is 13.8 Å². The number of piperazine rings is 1. The molecule has 1 aliphatic rings. The van der Waals surface area contributed by atoms with Crippen LogP contribution in [0.25, 0.3) is 0 Å². The van der Waals surface area contributed by atoms with Crippen LogP contribution in [0.5, 0.6) is 0 Å². The van der Waals surface area contributed by atoms with E-state index in [9.17, 15) is 4.79 Å². The van der Waals surface area contributed by atoms with Gasteiger partial charge in [0.2, 0.25) is 5.91 Å². The van der Waals surface area contributed by atoms with Crippen LogP contribution in [0.15, 0.2) is 12.7 Å². The summed E-state index contributed by atoms with van der Waals surface area (Å²) in [6.07, 6.45) is 1.65. The average molecular weight is 212 g/mol. The van der Waals surface area contributed by atoms with E-state index in [1.807, 2.05) is 11.8 Å². The first kappa shape index (κ1) is 12.2. The van der Waals surface area contributed by atoms with Crippen molar-refractivity contribution in [2.45, 2.75) is 25.9 Å². The number of rotatable bonds is 4. The van der Waals surface area contributed by atoms with Crippen molar-refractivity contribution >= 4 is 5.91 Å². The van der Waals surface area contributed by atoms with Gasteiger partial charge in [-0.15, -0.1) is 6.58 Å². The molecule has 4 nitrogen and oxygen atoms in total. The average Bonchev–Trinajstić information content (AvgIpc) is 2.22. The SMILES string of the molecule is C=CCOCC(=O)N1CC(C)NCC1C. The van der Waals surface area contributed by atoms with E-state index >= 15 is 0 Å². The molecule has 0 aliphatic carbocycles. The zero-order valence-electron chi connectivity index (χ0n) is 9.53. The first-order chi connectivity index (χ1) is 7.15. The van der Waals surface area contributed by atoms with E-state index < -0.39 is 0 Å². The molecule has 15 heavy (non-hydrogen) atoms. The predicted octanol–water partition coefficient (Wildman–Crippen LogP) is 0.398. The third-order valence-electron chi connectivity index (χ3n) is 2.55. The molecule has 1 fully saturated rings. The number of hydrogen-bond acceptors (Lipinski definition) is 3. The maximum Gasteiger partial charge on any atom is 0.248 e. The molecule has 0 radical (unpaired) electrons. The molecule has 1 saturated heterocycles. The van der Waals surface area contributed by atoms with Gasteiger partial charge in [-0.05, 0) is 13.8 Å². The molecule has 0 aromatic rings. The lowest BCUT2D eigenvalue weighted by atomic mass is 10.1. The number of amides is 1. The topological polar surface area (TPSA) is 41.6 Å². The van der Waals surface area contributed by atoms with Gasteiger partial charge in [-0.2, -0.15) is 0 Å². The molecular formula is C11H20N2O2. The molecular weight excluding hydrogens is 192 g/mol. The lowest BCUT2D eigenvalue weighted by molar-refractivity contribution is -0.139. The molecule has 1 amide bonds. The highest BCUT2D eigenvalue weighted by molar-refractivity contribution is 5.78. The van der Waals surface area contributed by atoms with Gasteiger partial charge >= 0.3 is 0 Å². The molecule has 0 spiro atoms. The van der Waals surface area contributed by atoms with Gasteiger partial charge in [0, 0.05) is 25.2 Å². The van der Waals surface area contributed by atoms with E-state index in [1.165, 1.54) is 0 Å². The van der Waals surface area contributed by atoms with E-state index in [0.29, 0.717) is 12.6 Å². The van der Waals surface area contributed by atoms with Crippen molar-refractivity contribution in [2.75, 3.05) is 26.3 Å². The highest BCUT2D eigenvalue weighted by atomic mass is 16.5. The van der Waals surface area contributed by atoms with Crippen molar-refractivity contribution in [1.29, 1.82) is 0 Å². The zero-order valence-corrected chi connectivity index (χ0v) is 9.53. The van der Waals surface area contributed by atoms with E-state index in [4.69, 9.17) is 4.74 Å². The van der Waals surface area contributed by atoms with Gasteiger partial charge < -0.3 is 15.0 Å². The maximum atomic E-state index is 11.8. The van der Waals surface area contributed by atoms with Gasteiger partial charge in [0.15, 0.2) is 0 Å². The smallest absolute Gasteiger partial charge is 0.248 e. The van der Waals surface area contributed by atoms with E-state index in [-0.39, 0.29) is 18.6 Å². The number of ether oxygens (including phenoxy) is 1. The Balaban J connectivity index is 2.38. The largest absolute Gasteiger partial charge is 0.368 e. The summed E-state index contributed by atoms with van der Waals surface area (Å²) in [7, 11) is 0. The molecule has 86 valence electrons. The molecule has 1 N–H and O–H groups in total. The summed E-state index contributed by atoms with van der Waals surface area (Å²) < 4.78 is 5.15. The van der Waals surface area contributed by atoms with Crippen LogP contribution in [0.3, 0.4) is 0 Å². The summed E-state index contributed by atoms with van der Waals surface area (Å²) in [6, 6.07) is 0.616. The molecule has 1 rings (SSSR count). The number of nitrogens with one attached hydrogen (secondary N) is 1. The zero-order chi connectivity index (χ0) is 11.3. The van der Waals surface area contributed by atoms with Gasteiger partial charge in [-0.1, -0.05) is 6.08 Å². The second kappa shape index (κ2) is 5.88.